The quantitative estimate of drug-likeness (QED) is 0.340. The van der Waals surface area contributed by atoms with E-state index in [-0.39, 0.29) is 13.2 Å². The van der Waals surface area contributed by atoms with E-state index in [9.17, 15) is 0 Å². The zero-order chi connectivity index (χ0) is 16.9. The molecule has 0 spiro atoms. The first kappa shape index (κ1) is 19.4. The van der Waals surface area contributed by atoms with Crippen LogP contribution >= 0.6 is 11.8 Å². The largest absolute Gasteiger partial charge is 0.493 e. The van der Waals surface area contributed by atoms with Gasteiger partial charge in [0, 0.05) is 18.8 Å². The van der Waals surface area contributed by atoms with Crippen molar-refractivity contribution in [3.05, 3.63) is 23.8 Å². The standard InChI is InChI=1S/C16H27N3O3S/c1-4-17-16(18-7-10-23-3)19-12-13-5-6-14(22-9-8-20)15(11-13)21-2/h5-6,11,20H,4,7-10,12H2,1-3H3,(H2,17,18,19). The number of nitrogens with zero attached hydrogens (tertiary/aromatic N) is 1. The summed E-state index contributed by atoms with van der Waals surface area (Å²) in [4.78, 5) is 4.57. The van der Waals surface area contributed by atoms with Gasteiger partial charge in [0.1, 0.15) is 6.61 Å². The summed E-state index contributed by atoms with van der Waals surface area (Å²) in [6.07, 6.45) is 2.08. The molecule has 0 fully saturated rings. The number of aliphatic imine (C=N–C) groups is 1. The van der Waals surface area contributed by atoms with E-state index < -0.39 is 0 Å². The summed E-state index contributed by atoms with van der Waals surface area (Å²) in [7, 11) is 1.60. The fourth-order valence-electron chi connectivity index (χ4n) is 1.87. The molecule has 0 radical (unpaired) electrons. The van der Waals surface area contributed by atoms with Gasteiger partial charge in [-0.25, -0.2) is 4.99 Å². The molecule has 0 aliphatic carbocycles. The van der Waals surface area contributed by atoms with Crippen molar-refractivity contribution in [3.63, 3.8) is 0 Å². The molecule has 0 heterocycles. The van der Waals surface area contributed by atoms with Crippen LogP contribution in [0, 0.1) is 0 Å². The Balaban J connectivity index is 2.71. The Labute approximate surface area is 142 Å². The lowest BCUT2D eigenvalue weighted by atomic mass is 10.2. The van der Waals surface area contributed by atoms with E-state index >= 15 is 0 Å². The summed E-state index contributed by atoms with van der Waals surface area (Å²) in [5.74, 6) is 3.11. The summed E-state index contributed by atoms with van der Waals surface area (Å²) < 4.78 is 10.8. The highest BCUT2D eigenvalue weighted by Gasteiger charge is 2.06. The Bertz CT molecular complexity index is 484. The minimum atomic E-state index is -0.0248. The lowest BCUT2D eigenvalue weighted by Crippen LogP contribution is -2.38. The summed E-state index contributed by atoms with van der Waals surface area (Å²) in [5, 5.41) is 15.4. The van der Waals surface area contributed by atoms with Crippen LogP contribution in [-0.2, 0) is 6.54 Å². The number of hydrogen-bond donors (Lipinski definition) is 3. The highest BCUT2D eigenvalue weighted by molar-refractivity contribution is 7.98. The molecule has 0 aromatic heterocycles. The lowest BCUT2D eigenvalue weighted by Gasteiger charge is -2.12. The Hall–Kier alpha value is -1.60. The number of ether oxygens (including phenoxy) is 2. The molecule has 1 aromatic carbocycles. The van der Waals surface area contributed by atoms with Crippen LogP contribution in [0.15, 0.2) is 23.2 Å². The van der Waals surface area contributed by atoms with E-state index in [4.69, 9.17) is 14.6 Å². The first-order valence-corrected chi connectivity index (χ1v) is 9.06. The topological polar surface area (TPSA) is 75.1 Å². The molecule has 0 atom stereocenters. The van der Waals surface area contributed by atoms with Gasteiger partial charge in [0.25, 0.3) is 0 Å². The van der Waals surface area contributed by atoms with E-state index in [2.05, 4.69) is 21.9 Å². The maximum absolute atomic E-state index is 8.83. The van der Waals surface area contributed by atoms with E-state index in [1.54, 1.807) is 18.9 Å². The third-order valence-electron chi connectivity index (χ3n) is 2.94. The first-order valence-electron chi connectivity index (χ1n) is 7.66. The summed E-state index contributed by atoms with van der Waals surface area (Å²) in [6, 6.07) is 5.69. The molecule has 0 aliphatic rings. The van der Waals surface area contributed by atoms with E-state index in [0.717, 1.165) is 30.4 Å². The predicted octanol–water partition coefficient (Wildman–Crippen LogP) is 1.48. The van der Waals surface area contributed by atoms with Crippen LogP contribution in [0.5, 0.6) is 11.5 Å². The summed E-state index contributed by atoms with van der Waals surface area (Å²) in [5.41, 5.74) is 1.03. The molecule has 0 amide bonds. The molecular formula is C16H27N3O3S. The summed E-state index contributed by atoms with van der Waals surface area (Å²) in [6.45, 7) is 4.51. The Kier molecular flexibility index (Phi) is 10.1. The van der Waals surface area contributed by atoms with Gasteiger partial charge in [0.05, 0.1) is 20.3 Å². The Morgan fingerprint density at radius 1 is 1.30 bits per heavy atom. The molecule has 0 bridgehead atoms. The Morgan fingerprint density at radius 3 is 2.78 bits per heavy atom. The zero-order valence-electron chi connectivity index (χ0n) is 14.1. The van der Waals surface area contributed by atoms with Crippen LogP contribution < -0.4 is 20.1 Å². The van der Waals surface area contributed by atoms with Gasteiger partial charge in [0.15, 0.2) is 17.5 Å². The van der Waals surface area contributed by atoms with Gasteiger partial charge in [-0.2, -0.15) is 11.8 Å². The van der Waals surface area contributed by atoms with Gasteiger partial charge in [-0.15, -0.1) is 0 Å². The number of guanidine groups is 1. The SMILES string of the molecule is CCNC(=NCc1ccc(OCCO)c(OC)c1)NCCSC. The second-order valence-corrected chi connectivity index (χ2v) is 5.66. The van der Waals surface area contributed by atoms with Crippen LogP contribution in [0.3, 0.4) is 0 Å². The third-order valence-corrected chi connectivity index (χ3v) is 3.55. The predicted molar refractivity (Wildman–Crippen MR) is 96.8 cm³/mol. The molecule has 6 nitrogen and oxygen atoms in total. The van der Waals surface area contributed by atoms with Crippen molar-refractivity contribution in [2.24, 2.45) is 4.99 Å². The molecule has 7 heteroatoms. The molecule has 0 saturated heterocycles. The summed E-state index contributed by atoms with van der Waals surface area (Å²) >= 11 is 1.80. The van der Waals surface area contributed by atoms with E-state index in [0.29, 0.717) is 18.0 Å². The van der Waals surface area contributed by atoms with Crippen molar-refractivity contribution in [1.82, 2.24) is 10.6 Å². The minimum absolute atomic E-state index is 0.0248. The number of aliphatic hydroxyl groups is 1. The molecule has 0 unspecified atom stereocenters. The average Bonchev–Trinajstić information content (AvgIpc) is 2.58. The van der Waals surface area contributed by atoms with E-state index in [1.807, 2.05) is 25.1 Å². The average molecular weight is 341 g/mol. The van der Waals surface area contributed by atoms with Crippen LogP contribution in [0.25, 0.3) is 0 Å². The van der Waals surface area contributed by atoms with Crippen molar-refractivity contribution < 1.29 is 14.6 Å². The second-order valence-electron chi connectivity index (χ2n) is 4.67. The normalized spacial score (nSPS) is 11.2. The molecule has 130 valence electrons. The molecule has 0 saturated carbocycles. The van der Waals surface area contributed by atoms with Gasteiger partial charge < -0.3 is 25.2 Å². The third kappa shape index (κ3) is 7.47. The van der Waals surface area contributed by atoms with Crippen molar-refractivity contribution in [1.29, 1.82) is 0 Å². The highest BCUT2D eigenvalue weighted by Crippen LogP contribution is 2.28. The van der Waals surface area contributed by atoms with Crippen LogP contribution in [0.4, 0.5) is 0 Å². The van der Waals surface area contributed by atoms with Crippen molar-refractivity contribution in [3.8, 4) is 11.5 Å². The molecular weight excluding hydrogens is 314 g/mol. The maximum atomic E-state index is 8.83. The van der Waals surface area contributed by atoms with Crippen molar-refractivity contribution in [2.45, 2.75) is 13.5 Å². The highest BCUT2D eigenvalue weighted by atomic mass is 32.2. The molecule has 1 aromatic rings. The van der Waals surface area contributed by atoms with E-state index in [1.165, 1.54) is 0 Å². The molecule has 0 aliphatic heterocycles. The lowest BCUT2D eigenvalue weighted by molar-refractivity contribution is 0.196. The number of benzene rings is 1. The maximum Gasteiger partial charge on any atom is 0.191 e. The van der Waals surface area contributed by atoms with Gasteiger partial charge in [-0.3, -0.25) is 0 Å². The van der Waals surface area contributed by atoms with Gasteiger partial charge in [0.2, 0.25) is 0 Å². The molecule has 3 N–H and O–H groups in total. The minimum Gasteiger partial charge on any atom is -0.493 e. The van der Waals surface area contributed by atoms with Gasteiger partial charge in [-0.1, -0.05) is 6.07 Å². The van der Waals surface area contributed by atoms with Crippen molar-refractivity contribution >= 4 is 17.7 Å². The van der Waals surface area contributed by atoms with Crippen LogP contribution in [0.1, 0.15) is 12.5 Å². The number of hydrogen-bond acceptors (Lipinski definition) is 5. The van der Waals surface area contributed by atoms with Crippen molar-refractivity contribution in [2.75, 3.05) is 45.4 Å². The smallest absolute Gasteiger partial charge is 0.191 e. The fourth-order valence-corrected chi connectivity index (χ4v) is 2.17. The number of methoxy groups -OCH3 is 1. The van der Waals surface area contributed by atoms with Gasteiger partial charge >= 0.3 is 0 Å². The molecule has 23 heavy (non-hydrogen) atoms. The second kappa shape index (κ2) is 11.9. The monoisotopic (exact) mass is 341 g/mol. The first-order chi connectivity index (χ1) is 11.2. The fraction of sp³-hybridized carbons (Fsp3) is 0.562. The van der Waals surface area contributed by atoms with Crippen LogP contribution in [0.2, 0.25) is 0 Å². The number of rotatable bonds is 10. The zero-order valence-corrected chi connectivity index (χ0v) is 14.9. The van der Waals surface area contributed by atoms with Gasteiger partial charge in [-0.05, 0) is 30.9 Å². The number of nitrogens with one attached hydrogen (secondary N) is 2. The number of thioether (sulfide) groups is 1. The molecule has 1 rings (SSSR count). The number of aliphatic hydroxyl groups excluding tert-OH is 1. The Morgan fingerprint density at radius 2 is 2.13 bits per heavy atom. The van der Waals surface area contributed by atoms with Crippen LogP contribution in [-0.4, -0.2) is 56.5 Å².